The van der Waals surface area contributed by atoms with E-state index in [0.29, 0.717) is 4.91 Å². The Morgan fingerprint density at radius 2 is 2.11 bits per heavy atom. The average molecular weight is 419 g/mol. The minimum atomic E-state index is -1.38. The summed E-state index contributed by atoms with van der Waals surface area (Å²) >= 11 is 7.77. The Kier molecular flexibility index (Phi) is 5.59. The maximum Gasteiger partial charge on any atom is 0.335 e. The lowest BCUT2D eigenvalue weighted by Gasteiger charge is -2.15. The SMILES string of the molecule is O=C(CN1C(=O)/C(=C\c2cccs2)SC1=S)Nc1ccc([O-])c(C(=O)O)c1. The van der Waals surface area contributed by atoms with E-state index in [1.165, 1.54) is 22.3 Å². The van der Waals surface area contributed by atoms with Crippen molar-refractivity contribution >= 4 is 69.2 Å². The summed E-state index contributed by atoms with van der Waals surface area (Å²) in [5.74, 6) is -2.96. The van der Waals surface area contributed by atoms with Crippen LogP contribution >= 0.6 is 35.3 Å². The Bertz CT molecular complexity index is 969. The third-order valence-corrected chi connectivity index (χ3v) is 5.68. The molecule has 1 aliphatic rings. The molecule has 1 aliphatic heterocycles. The predicted molar refractivity (Wildman–Crippen MR) is 106 cm³/mol. The smallest absolute Gasteiger partial charge is 0.335 e. The molecule has 1 aromatic heterocycles. The highest BCUT2D eigenvalue weighted by Gasteiger charge is 2.33. The normalized spacial score (nSPS) is 15.4. The fraction of sp³-hybridized carbons (Fsp3) is 0.0588. The summed E-state index contributed by atoms with van der Waals surface area (Å²) in [5, 5.41) is 24.8. The number of carbonyl (C=O) groups excluding carboxylic acids is 2. The molecule has 3 rings (SSSR count). The predicted octanol–water partition coefficient (Wildman–Crippen LogP) is 2.36. The molecular weight excluding hydrogens is 408 g/mol. The fourth-order valence-corrected chi connectivity index (χ4v) is 4.24. The minimum absolute atomic E-state index is 0.150. The third kappa shape index (κ3) is 4.35. The second-order valence-corrected chi connectivity index (χ2v) is 8.00. The number of thiocarbonyl (C=S) groups is 1. The highest BCUT2D eigenvalue weighted by atomic mass is 32.2. The lowest BCUT2D eigenvalue weighted by Crippen LogP contribution is -2.36. The summed E-state index contributed by atoms with van der Waals surface area (Å²) in [5.41, 5.74) is -0.297. The number of thiophene rings is 1. The molecule has 2 aromatic rings. The number of nitrogens with zero attached hydrogens (tertiary/aromatic N) is 1. The van der Waals surface area contributed by atoms with Crippen molar-refractivity contribution in [1.82, 2.24) is 4.90 Å². The van der Waals surface area contributed by atoms with E-state index >= 15 is 0 Å². The van der Waals surface area contributed by atoms with E-state index in [9.17, 15) is 19.5 Å². The molecule has 1 fully saturated rings. The molecule has 27 heavy (non-hydrogen) atoms. The van der Waals surface area contributed by atoms with Gasteiger partial charge in [0.05, 0.1) is 10.5 Å². The van der Waals surface area contributed by atoms with Crippen molar-refractivity contribution in [2.45, 2.75) is 0 Å². The van der Waals surface area contributed by atoms with Gasteiger partial charge in [-0.05, 0) is 29.7 Å². The van der Waals surface area contributed by atoms with E-state index < -0.39 is 23.2 Å². The topological polar surface area (TPSA) is 110 Å². The van der Waals surface area contributed by atoms with E-state index in [1.54, 1.807) is 6.08 Å². The summed E-state index contributed by atoms with van der Waals surface area (Å²) in [6, 6.07) is 7.16. The van der Waals surface area contributed by atoms with Gasteiger partial charge in [0.15, 0.2) is 0 Å². The molecule has 0 spiro atoms. The van der Waals surface area contributed by atoms with Crippen molar-refractivity contribution in [2.75, 3.05) is 11.9 Å². The standard InChI is InChI=1S/C17H12N2O5S3/c20-12-4-3-9(6-11(12)16(23)24)18-14(21)8-19-15(22)13(27-17(19)25)7-10-2-1-5-26-10/h1-7,20H,8H2,(H,18,21)(H,23,24)/p-1/b13-7+. The first-order chi connectivity index (χ1) is 12.8. The Labute approximate surface area is 167 Å². The summed E-state index contributed by atoms with van der Waals surface area (Å²) in [7, 11) is 0. The first kappa shape index (κ1) is 19.1. The van der Waals surface area contributed by atoms with Gasteiger partial charge < -0.3 is 15.5 Å². The highest BCUT2D eigenvalue weighted by Crippen LogP contribution is 2.33. The number of benzene rings is 1. The molecule has 1 aromatic carbocycles. The van der Waals surface area contributed by atoms with Gasteiger partial charge in [0.25, 0.3) is 5.91 Å². The Morgan fingerprint density at radius 3 is 2.78 bits per heavy atom. The number of hydrogen-bond donors (Lipinski definition) is 2. The molecule has 2 heterocycles. The second-order valence-electron chi connectivity index (χ2n) is 5.35. The summed E-state index contributed by atoms with van der Waals surface area (Å²) in [4.78, 5) is 38.2. The van der Waals surface area contributed by atoms with Crippen LogP contribution in [-0.4, -0.2) is 38.7 Å². The van der Waals surface area contributed by atoms with E-state index in [1.807, 2.05) is 17.5 Å². The van der Waals surface area contributed by atoms with Gasteiger partial charge in [0.2, 0.25) is 5.91 Å². The van der Waals surface area contributed by atoms with Crippen LogP contribution in [0.15, 0.2) is 40.6 Å². The Hall–Kier alpha value is -2.69. The molecule has 0 aliphatic carbocycles. The van der Waals surface area contributed by atoms with Gasteiger partial charge in [-0.25, -0.2) is 4.79 Å². The lowest BCUT2D eigenvalue weighted by atomic mass is 10.2. The van der Waals surface area contributed by atoms with Gasteiger partial charge in [-0.2, -0.15) is 0 Å². The van der Waals surface area contributed by atoms with Gasteiger partial charge in [-0.3, -0.25) is 14.5 Å². The van der Waals surface area contributed by atoms with E-state index in [4.69, 9.17) is 17.3 Å². The largest absolute Gasteiger partial charge is 0.872 e. The Balaban J connectivity index is 1.69. The highest BCUT2D eigenvalue weighted by molar-refractivity contribution is 8.26. The van der Waals surface area contributed by atoms with Crippen LogP contribution in [0.5, 0.6) is 5.75 Å². The zero-order valence-corrected chi connectivity index (χ0v) is 16.0. The van der Waals surface area contributed by atoms with Gasteiger partial charge in [0, 0.05) is 10.6 Å². The van der Waals surface area contributed by atoms with Gasteiger partial charge in [-0.15, -0.1) is 11.3 Å². The second kappa shape index (κ2) is 7.91. The first-order valence-electron chi connectivity index (χ1n) is 7.48. The molecule has 7 nitrogen and oxygen atoms in total. The first-order valence-corrected chi connectivity index (χ1v) is 9.58. The van der Waals surface area contributed by atoms with Crippen LogP contribution in [0.3, 0.4) is 0 Å². The van der Waals surface area contributed by atoms with Crippen LogP contribution < -0.4 is 10.4 Å². The molecule has 10 heteroatoms. The molecule has 0 bridgehead atoms. The zero-order chi connectivity index (χ0) is 19.6. The molecule has 0 saturated carbocycles. The Morgan fingerprint density at radius 1 is 1.33 bits per heavy atom. The number of amides is 2. The van der Waals surface area contributed by atoms with Crippen LogP contribution in [0.1, 0.15) is 15.2 Å². The van der Waals surface area contributed by atoms with Crippen LogP contribution in [0.4, 0.5) is 5.69 Å². The maximum atomic E-state index is 12.5. The lowest BCUT2D eigenvalue weighted by molar-refractivity contribution is -0.268. The summed E-state index contributed by atoms with van der Waals surface area (Å²) < 4.78 is 0.263. The molecule has 0 unspecified atom stereocenters. The van der Waals surface area contributed by atoms with Crippen LogP contribution in [-0.2, 0) is 9.59 Å². The number of carbonyl (C=O) groups is 3. The number of nitrogens with one attached hydrogen (secondary N) is 1. The van der Waals surface area contributed by atoms with Crippen molar-refractivity contribution in [3.8, 4) is 5.75 Å². The molecule has 0 radical (unpaired) electrons. The van der Waals surface area contributed by atoms with Crippen molar-refractivity contribution in [1.29, 1.82) is 0 Å². The van der Waals surface area contributed by atoms with Crippen LogP contribution in [0.2, 0.25) is 0 Å². The van der Waals surface area contributed by atoms with Gasteiger partial charge in [0.1, 0.15) is 10.9 Å². The fourth-order valence-electron chi connectivity index (χ4n) is 2.26. The molecule has 0 atom stereocenters. The number of thioether (sulfide) groups is 1. The molecule has 2 N–H and O–H groups in total. The number of carboxylic acids is 1. The van der Waals surface area contributed by atoms with Crippen LogP contribution in [0.25, 0.3) is 6.08 Å². The average Bonchev–Trinajstić information content (AvgIpc) is 3.21. The number of aromatic carboxylic acids is 1. The van der Waals surface area contributed by atoms with Crippen LogP contribution in [0, 0.1) is 0 Å². The monoisotopic (exact) mass is 419 g/mol. The van der Waals surface area contributed by atoms with E-state index in [-0.39, 0.29) is 22.5 Å². The van der Waals surface area contributed by atoms with Gasteiger partial charge >= 0.3 is 5.97 Å². The van der Waals surface area contributed by atoms with Crippen molar-refractivity contribution in [3.05, 3.63) is 51.1 Å². The molecular formula is C17H11N2O5S3-. The number of anilines is 1. The zero-order valence-electron chi connectivity index (χ0n) is 13.5. The molecule has 2 amide bonds. The molecule has 1 saturated heterocycles. The van der Waals surface area contributed by atoms with Crippen molar-refractivity contribution in [2.24, 2.45) is 0 Å². The molecule has 138 valence electrons. The van der Waals surface area contributed by atoms with Crippen molar-refractivity contribution in [3.63, 3.8) is 0 Å². The quantitative estimate of drug-likeness (QED) is 0.565. The summed E-state index contributed by atoms with van der Waals surface area (Å²) in [6.07, 6.45) is 1.72. The number of carboxylic acid groups (broad SMARTS) is 1. The third-order valence-electron chi connectivity index (χ3n) is 3.49. The maximum absolute atomic E-state index is 12.5. The number of hydrogen-bond acceptors (Lipinski definition) is 7. The van der Waals surface area contributed by atoms with E-state index in [2.05, 4.69) is 5.32 Å². The van der Waals surface area contributed by atoms with Crippen molar-refractivity contribution < 1.29 is 24.6 Å². The van der Waals surface area contributed by atoms with E-state index in [0.717, 1.165) is 28.8 Å². The van der Waals surface area contributed by atoms with Gasteiger partial charge in [-0.1, -0.05) is 41.9 Å². The summed E-state index contributed by atoms with van der Waals surface area (Å²) in [6.45, 7) is -0.312. The minimum Gasteiger partial charge on any atom is -0.872 e. The number of rotatable bonds is 5.